The van der Waals surface area contributed by atoms with Crippen LogP contribution in [0.5, 0.6) is 0 Å². The molecule has 1 amide bonds. The van der Waals surface area contributed by atoms with Crippen LogP contribution in [-0.2, 0) is 4.79 Å². The summed E-state index contributed by atoms with van der Waals surface area (Å²) in [4.78, 5) is 17.5. The van der Waals surface area contributed by atoms with E-state index in [2.05, 4.69) is 39.6 Å². The molecule has 2 heterocycles. The van der Waals surface area contributed by atoms with Crippen LogP contribution in [0.25, 0.3) is 0 Å². The first kappa shape index (κ1) is 17.5. The van der Waals surface area contributed by atoms with E-state index in [4.69, 9.17) is 0 Å². The zero-order chi connectivity index (χ0) is 16.9. The highest BCUT2D eigenvalue weighted by atomic mass is 32.2. The maximum atomic E-state index is 12.7. The third-order valence-corrected chi connectivity index (χ3v) is 5.86. The Kier molecular flexibility index (Phi) is 5.93. The molecule has 0 saturated carbocycles. The third kappa shape index (κ3) is 3.82. The second-order valence-electron chi connectivity index (χ2n) is 6.91. The average molecular weight is 348 g/mol. The number of carbonyl (C=O) groups is 1. The van der Waals surface area contributed by atoms with E-state index in [1.54, 1.807) is 11.8 Å². The molecule has 0 spiro atoms. The number of nitrogens with one attached hydrogen (secondary N) is 1. The second kappa shape index (κ2) is 8.15. The number of benzene rings is 1. The smallest absolute Gasteiger partial charge is 0.228 e. The van der Waals surface area contributed by atoms with Crippen molar-refractivity contribution in [1.82, 2.24) is 0 Å². The first-order chi connectivity index (χ1) is 11.7. The molecule has 1 unspecified atom stereocenters. The fourth-order valence-electron chi connectivity index (χ4n) is 3.67. The van der Waals surface area contributed by atoms with Gasteiger partial charge in [-0.1, -0.05) is 13.0 Å². The van der Waals surface area contributed by atoms with Crippen LogP contribution < -0.4 is 15.1 Å². The maximum Gasteiger partial charge on any atom is 0.228 e. The molecule has 2 saturated heterocycles. The van der Waals surface area contributed by atoms with Gasteiger partial charge in [0.05, 0.1) is 17.1 Å². The highest BCUT2D eigenvalue weighted by Crippen LogP contribution is 2.38. The Morgan fingerprint density at radius 2 is 1.58 bits per heavy atom. The molecule has 4 nitrogen and oxygen atoms in total. The van der Waals surface area contributed by atoms with Gasteiger partial charge in [-0.15, -0.1) is 0 Å². The zero-order valence-electron chi connectivity index (χ0n) is 14.9. The highest BCUT2D eigenvalue weighted by molar-refractivity contribution is 7.98. The molecule has 2 fully saturated rings. The minimum absolute atomic E-state index is 0.0260. The standard InChI is InChI=1S/C19H29N3OS/c1-15(14-24-2)19(23)20-18-16(21-10-3-4-11-21)8-7-9-17(18)22-12-5-6-13-22/h7-9,15H,3-6,10-14H2,1-2H3,(H,20,23). The van der Waals surface area contributed by atoms with Crippen LogP contribution in [0.1, 0.15) is 32.6 Å². The van der Waals surface area contributed by atoms with E-state index in [0.29, 0.717) is 0 Å². The summed E-state index contributed by atoms with van der Waals surface area (Å²) in [6, 6.07) is 6.47. The van der Waals surface area contributed by atoms with Crippen LogP contribution in [-0.4, -0.2) is 44.1 Å². The van der Waals surface area contributed by atoms with E-state index in [1.165, 1.54) is 37.1 Å². The Labute approximate surface area is 150 Å². The van der Waals surface area contributed by atoms with Gasteiger partial charge in [0, 0.05) is 37.8 Å². The van der Waals surface area contributed by atoms with Gasteiger partial charge in [0.1, 0.15) is 0 Å². The van der Waals surface area contributed by atoms with Crippen LogP contribution in [0.15, 0.2) is 18.2 Å². The Balaban J connectivity index is 1.91. The Hall–Kier alpha value is -1.36. The number of hydrogen-bond acceptors (Lipinski definition) is 4. The topological polar surface area (TPSA) is 35.6 Å². The SMILES string of the molecule is CSCC(C)C(=O)Nc1c(N2CCCC2)cccc1N1CCCC1. The lowest BCUT2D eigenvalue weighted by molar-refractivity contribution is -0.118. The van der Waals surface area contributed by atoms with Crippen LogP contribution in [0.2, 0.25) is 0 Å². The number of para-hydroxylation sites is 1. The summed E-state index contributed by atoms with van der Waals surface area (Å²) >= 11 is 1.73. The minimum atomic E-state index is 0.0260. The summed E-state index contributed by atoms with van der Waals surface area (Å²) in [5.74, 6) is 1.02. The molecule has 0 aliphatic carbocycles. The largest absolute Gasteiger partial charge is 0.370 e. The van der Waals surface area contributed by atoms with E-state index in [1.807, 2.05) is 6.92 Å². The van der Waals surface area contributed by atoms with E-state index in [0.717, 1.165) is 37.6 Å². The Bertz CT molecular complexity index is 531. The maximum absolute atomic E-state index is 12.7. The normalized spacial score (nSPS) is 18.9. The van der Waals surface area contributed by atoms with Gasteiger partial charge in [-0.3, -0.25) is 4.79 Å². The number of anilines is 3. The molecule has 1 N–H and O–H groups in total. The predicted molar refractivity (Wildman–Crippen MR) is 106 cm³/mol. The van der Waals surface area contributed by atoms with Gasteiger partial charge in [0.25, 0.3) is 0 Å². The molecular formula is C19H29N3OS. The Morgan fingerprint density at radius 1 is 1.08 bits per heavy atom. The lowest BCUT2D eigenvalue weighted by Crippen LogP contribution is -2.28. The summed E-state index contributed by atoms with van der Waals surface area (Å²) in [6.45, 7) is 6.37. The van der Waals surface area contributed by atoms with Crippen molar-refractivity contribution in [3.8, 4) is 0 Å². The van der Waals surface area contributed by atoms with Crippen molar-refractivity contribution in [2.75, 3.05) is 53.3 Å². The van der Waals surface area contributed by atoms with Gasteiger partial charge in [0.15, 0.2) is 0 Å². The highest BCUT2D eigenvalue weighted by Gasteiger charge is 2.24. The second-order valence-corrected chi connectivity index (χ2v) is 7.82. The molecule has 132 valence electrons. The number of nitrogens with zero attached hydrogens (tertiary/aromatic N) is 2. The van der Waals surface area contributed by atoms with E-state index in [-0.39, 0.29) is 11.8 Å². The van der Waals surface area contributed by atoms with Crippen molar-refractivity contribution < 1.29 is 4.79 Å². The zero-order valence-corrected chi connectivity index (χ0v) is 15.7. The molecule has 24 heavy (non-hydrogen) atoms. The van der Waals surface area contributed by atoms with Crippen LogP contribution in [0.4, 0.5) is 17.1 Å². The minimum Gasteiger partial charge on any atom is -0.370 e. The van der Waals surface area contributed by atoms with Crippen molar-refractivity contribution in [2.24, 2.45) is 5.92 Å². The summed E-state index contributed by atoms with van der Waals surface area (Å²) in [6.07, 6.45) is 7.01. The summed E-state index contributed by atoms with van der Waals surface area (Å²) < 4.78 is 0. The molecule has 3 rings (SSSR count). The number of amides is 1. The molecule has 0 radical (unpaired) electrons. The average Bonchev–Trinajstić information content (AvgIpc) is 3.29. The van der Waals surface area contributed by atoms with Gasteiger partial charge in [0.2, 0.25) is 5.91 Å². The third-order valence-electron chi connectivity index (χ3n) is 5.03. The summed E-state index contributed by atoms with van der Waals surface area (Å²) in [5, 5.41) is 3.28. The van der Waals surface area contributed by atoms with Gasteiger partial charge in [-0.05, 0) is 44.1 Å². The predicted octanol–water partition coefficient (Wildman–Crippen LogP) is 3.82. The lowest BCUT2D eigenvalue weighted by atomic mass is 10.1. The van der Waals surface area contributed by atoms with Gasteiger partial charge >= 0.3 is 0 Å². The monoisotopic (exact) mass is 347 g/mol. The molecule has 2 aliphatic rings. The number of carbonyl (C=O) groups excluding carboxylic acids is 1. The molecule has 2 aliphatic heterocycles. The van der Waals surface area contributed by atoms with Crippen molar-refractivity contribution in [3.63, 3.8) is 0 Å². The van der Waals surface area contributed by atoms with Crippen molar-refractivity contribution in [2.45, 2.75) is 32.6 Å². The molecule has 0 aromatic heterocycles. The molecule has 5 heteroatoms. The molecule has 1 atom stereocenters. The molecule has 1 aromatic rings. The van der Waals surface area contributed by atoms with Crippen molar-refractivity contribution in [3.05, 3.63) is 18.2 Å². The summed E-state index contributed by atoms with van der Waals surface area (Å²) in [7, 11) is 0. The van der Waals surface area contributed by atoms with Crippen LogP contribution in [0.3, 0.4) is 0 Å². The fourth-order valence-corrected chi connectivity index (χ4v) is 4.32. The quantitative estimate of drug-likeness (QED) is 0.848. The Morgan fingerprint density at radius 3 is 2.04 bits per heavy atom. The van der Waals surface area contributed by atoms with Crippen LogP contribution in [0, 0.1) is 5.92 Å². The van der Waals surface area contributed by atoms with Crippen molar-refractivity contribution in [1.29, 1.82) is 0 Å². The fraction of sp³-hybridized carbons (Fsp3) is 0.632. The first-order valence-electron chi connectivity index (χ1n) is 9.13. The lowest BCUT2D eigenvalue weighted by Gasteiger charge is -2.28. The molecular weight excluding hydrogens is 318 g/mol. The molecule has 1 aromatic carbocycles. The molecule has 0 bridgehead atoms. The van der Waals surface area contributed by atoms with Gasteiger partial charge in [-0.25, -0.2) is 0 Å². The number of rotatable bonds is 6. The number of hydrogen-bond donors (Lipinski definition) is 1. The van der Waals surface area contributed by atoms with E-state index in [9.17, 15) is 4.79 Å². The number of thioether (sulfide) groups is 1. The first-order valence-corrected chi connectivity index (χ1v) is 10.5. The van der Waals surface area contributed by atoms with E-state index >= 15 is 0 Å². The van der Waals surface area contributed by atoms with Crippen LogP contribution >= 0.6 is 11.8 Å². The van der Waals surface area contributed by atoms with Crippen molar-refractivity contribution >= 4 is 34.7 Å². The summed E-state index contributed by atoms with van der Waals surface area (Å²) in [5.41, 5.74) is 3.42. The van der Waals surface area contributed by atoms with Gasteiger partial charge < -0.3 is 15.1 Å². The van der Waals surface area contributed by atoms with E-state index < -0.39 is 0 Å². The van der Waals surface area contributed by atoms with Gasteiger partial charge in [-0.2, -0.15) is 11.8 Å².